The van der Waals surface area contributed by atoms with Crippen molar-refractivity contribution < 1.29 is 29.4 Å². The molecule has 0 fully saturated rings. The second-order valence-electron chi connectivity index (χ2n) is 9.28. The summed E-state index contributed by atoms with van der Waals surface area (Å²) in [5, 5.41) is 26.6. The van der Waals surface area contributed by atoms with Crippen LogP contribution in [0.25, 0.3) is 0 Å². The molecule has 0 aliphatic carbocycles. The number of benzene rings is 1. The van der Waals surface area contributed by atoms with Crippen LogP contribution in [0.4, 0.5) is 0 Å². The number of hydrogen-bond acceptors (Lipinski definition) is 6. The first kappa shape index (κ1) is 29.1. The molecule has 0 saturated carbocycles. The second kappa shape index (κ2) is 13.7. The third-order valence-electron chi connectivity index (χ3n) is 5.27. The topological polar surface area (TPSA) is 171 Å². The van der Waals surface area contributed by atoms with Gasteiger partial charge in [-0.3, -0.25) is 14.4 Å². The average molecular weight is 479 g/mol. The van der Waals surface area contributed by atoms with Gasteiger partial charge in [0.2, 0.25) is 17.7 Å². The number of nitrogens with one attached hydrogen (secondary N) is 3. The Balaban J connectivity index is 3.08. The Morgan fingerprint density at radius 1 is 0.853 bits per heavy atom. The molecule has 190 valence electrons. The van der Waals surface area contributed by atoms with Crippen LogP contribution < -0.4 is 21.7 Å². The van der Waals surface area contributed by atoms with Crippen molar-refractivity contribution in [2.75, 3.05) is 0 Å². The summed E-state index contributed by atoms with van der Waals surface area (Å²) >= 11 is 0. The first-order valence-electron chi connectivity index (χ1n) is 11.4. The lowest BCUT2D eigenvalue weighted by Crippen LogP contribution is -2.59. The number of aliphatic hydroxyl groups excluding tert-OH is 1. The molecule has 0 aliphatic rings. The highest BCUT2D eigenvalue weighted by Gasteiger charge is 2.33. The number of carboxylic acids is 1. The van der Waals surface area contributed by atoms with Gasteiger partial charge in [-0.2, -0.15) is 0 Å². The Bertz CT molecular complexity index is 828. The summed E-state index contributed by atoms with van der Waals surface area (Å²) in [6.07, 6.45) is -0.816. The van der Waals surface area contributed by atoms with Crippen LogP contribution in [0.15, 0.2) is 30.3 Å². The van der Waals surface area contributed by atoms with E-state index in [0.29, 0.717) is 6.42 Å². The molecular formula is C24H38N4O6. The van der Waals surface area contributed by atoms with E-state index < -0.39 is 54.0 Å². The van der Waals surface area contributed by atoms with Crippen molar-refractivity contribution in [1.29, 1.82) is 0 Å². The van der Waals surface area contributed by atoms with E-state index in [4.69, 9.17) is 5.73 Å². The van der Waals surface area contributed by atoms with Crippen molar-refractivity contribution in [3.05, 3.63) is 35.9 Å². The fourth-order valence-corrected chi connectivity index (χ4v) is 3.37. The van der Waals surface area contributed by atoms with Gasteiger partial charge >= 0.3 is 5.97 Å². The highest BCUT2D eigenvalue weighted by atomic mass is 16.4. The van der Waals surface area contributed by atoms with Crippen molar-refractivity contribution in [2.45, 2.75) is 77.7 Å². The maximum absolute atomic E-state index is 13.1. The molecule has 1 aromatic rings. The number of carbonyl (C=O) groups is 4. The quantitative estimate of drug-likeness (QED) is 0.235. The molecule has 10 heteroatoms. The fraction of sp³-hybridized carbons (Fsp3) is 0.583. The summed E-state index contributed by atoms with van der Waals surface area (Å²) < 4.78 is 0. The van der Waals surface area contributed by atoms with E-state index in [9.17, 15) is 29.4 Å². The molecule has 1 rings (SSSR count). The van der Waals surface area contributed by atoms with E-state index in [-0.39, 0.29) is 18.3 Å². The van der Waals surface area contributed by atoms with E-state index in [1.54, 1.807) is 44.2 Å². The number of nitrogens with two attached hydrogens (primary N) is 1. The SMILES string of the molecule is CC(C)CC(N)C(=O)NC(C(=O)NC(Cc1ccccc1)C(=O)NC(C(=O)O)C(C)O)C(C)C. The number of rotatable bonds is 13. The van der Waals surface area contributed by atoms with Crippen molar-refractivity contribution in [3.63, 3.8) is 0 Å². The molecular weight excluding hydrogens is 440 g/mol. The molecule has 34 heavy (non-hydrogen) atoms. The molecule has 0 spiro atoms. The largest absolute Gasteiger partial charge is 0.480 e. The van der Waals surface area contributed by atoms with E-state index in [2.05, 4.69) is 16.0 Å². The average Bonchev–Trinajstić information content (AvgIpc) is 2.74. The van der Waals surface area contributed by atoms with E-state index in [1.807, 2.05) is 13.8 Å². The molecule has 7 N–H and O–H groups in total. The zero-order valence-electron chi connectivity index (χ0n) is 20.4. The molecule has 0 aliphatic heterocycles. The van der Waals surface area contributed by atoms with Crippen LogP contribution in [-0.4, -0.2) is 64.2 Å². The smallest absolute Gasteiger partial charge is 0.328 e. The summed E-state index contributed by atoms with van der Waals surface area (Å²) in [6, 6.07) is 4.46. The Morgan fingerprint density at radius 3 is 1.88 bits per heavy atom. The molecule has 1 aromatic carbocycles. The van der Waals surface area contributed by atoms with Gasteiger partial charge in [-0.25, -0.2) is 4.79 Å². The Hall–Kier alpha value is -2.98. The van der Waals surface area contributed by atoms with Gasteiger partial charge < -0.3 is 31.9 Å². The minimum Gasteiger partial charge on any atom is -0.480 e. The highest BCUT2D eigenvalue weighted by molar-refractivity contribution is 5.94. The molecule has 0 heterocycles. The monoisotopic (exact) mass is 478 g/mol. The van der Waals surface area contributed by atoms with E-state index in [0.717, 1.165) is 5.56 Å². The second-order valence-corrected chi connectivity index (χ2v) is 9.28. The summed E-state index contributed by atoms with van der Waals surface area (Å²) in [5.41, 5.74) is 6.68. The Kier molecular flexibility index (Phi) is 11.7. The maximum atomic E-state index is 13.1. The minimum atomic E-state index is -1.54. The Labute approximate surface area is 200 Å². The predicted octanol–water partition coefficient (Wildman–Crippen LogP) is 0.178. The Morgan fingerprint density at radius 2 is 1.41 bits per heavy atom. The zero-order valence-corrected chi connectivity index (χ0v) is 20.4. The van der Waals surface area contributed by atoms with Gasteiger partial charge in [0.05, 0.1) is 12.1 Å². The molecule has 0 bridgehead atoms. The van der Waals surface area contributed by atoms with Crippen LogP contribution in [-0.2, 0) is 25.6 Å². The lowest BCUT2D eigenvalue weighted by molar-refractivity contribution is -0.145. The molecule has 10 nitrogen and oxygen atoms in total. The van der Waals surface area contributed by atoms with Gasteiger partial charge in [0.15, 0.2) is 6.04 Å². The van der Waals surface area contributed by atoms with Crippen molar-refractivity contribution in [2.24, 2.45) is 17.6 Å². The van der Waals surface area contributed by atoms with Gasteiger partial charge in [-0.05, 0) is 30.7 Å². The minimum absolute atomic E-state index is 0.0796. The first-order valence-corrected chi connectivity index (χ1v) is 11.4. The number of aliphatic hydroxyl groups is 1. The van der Waals surface area contributed by atoms with Crippen LogP contribution in [0, 0.1) is 11.8 Å². The summed E-state index contributed by atoms with van der Waals surface area (Å²) in [4.78, 5) is 50.0. The number of carboxylic acid groups (broad SMARTS) is 1. The molecule has 3 amide bonds. The summed E-state index contributed by atoms with van der Waals surface area (Å²) in [7, 11) is 0. The van der Waals surface area contributed by atoms with Crippen LogP contribution in [0.3, 0.4) is 0 Å². The van der Waals surface area contributed by atoms with Crippen LogP contribution in [0.1, 0.15) is 46.6 Å². The van der Waals surface area contributed by atoms with E-state index in [1.165, 1.54) is 6.92 Å². The third-order valence-corrected chi connectivity index (χ3v) is 5.27. The highest BCUT2D eigenvalue weighted by Crippen LogP contribution is 2.09. The normalized spacial score (nSPS) is 15.7. The van der Waals surface area contributed by atoms with Crippen LogP contribution in [0.5, 0.6) is 0 Å². The van der Waals surface area contributed by atoms with E-state index >= 15 is 0 Å². The fourth-order valence-electron chi connectivity index (χ4n) is 3.37. The summed E-state index contributed by atoms with van der Waals surface area (Å²) in [5.74, 6) is -3.34. The molecule has 5 unspecified atom stereocenters. The lowest BCUT2D eigenvalue weighted by Gasteiger charge is -2.27. The zero-order chi connectivity index (χ0) is 26.0. The van der Waals surface area contributed by atoms with Crippen molar-refractivity contribution >= 4 is 23.7 Å². The first-order chi connectivity index (χ1) is 15.8. The van der Waals surface area contributed by atoms with Crippen LogP contribution >= 0.6 is 0 Å². The van der Waals surface area contributed by atoms with Crippen molar-refractivity contribution in [3.8, 4) is 0 Å². The van der Waals surface area contributed by atoms with Gasteiger partial charge in [-0.1, -0.05) is 58.0 Å². The van der Waals surface area contributed by atoms with Gasteiger partial charge in [0.25, 0.3) is 0 Å². The predicted molar refractivity (Wildman–Crippen MR) is 128 cm³/mol. The standard InChI is InChI=1S/C24H38N4O6/c1-13(2)11-17(25)21(30)27-19(14(3)4)23(32)26-18(12-16-9-7-6-8-10-16)22(31)28-20(15(5)29)24(33)34/h6-10,13-15,17-20,29H,11-12,25H2,1-5H3,(H,26,32)(H,27,30)(H,28,31)(H,33,34). The molecule has 0 radical (unpaired) electrons. The molecule has 0 saturated heterocycles. The van der Waals surface area contributed by atoms with Gasteiger partial charge in [0, 0.05) is 6.42 Å². The van der Waals surface area contributed by atoms with Crippen LogP contribution in [0.2, 0.25) is 0 Å². The number of amides is 3. The van der Waals surface area contributed by atoms with Gasteiger partial charge in [-0.15, -0.1) is 0 Å². The summed E-state index contributed by atoms with van der Waals surface area (Å²) in [6.45, 7) is 8.61. The number of aliphatic carboxylic acids is 1. The molecule has 0 aromatic heterocycles. The lowest BCUT2D eigenvalue weighted by atomic mass is 9.99. The third kappa shape index (κ3) is 9.48. The molecule has 5 atom stereocenters. The number of carbonyl (C=O) groups excluding carboxylic acids is 3. The maximum Gasteiger partial charge on any atom is 0.328 e. The number of hydrogen-bond donors (Lipinski definition) is 6. The van der Waals surface area contributed by atoms with Gasteiger partial charge in [0.1, 0.15) is 12.1 Å². The van der Waals surface area contributed by atoms with Crippen molar-refractivity contribution in [1.82, 2.24) is 16.0 Å².